The first-order valence-corrected chi connectivity index (χ1v) is 9.61. The second-order valence-electron chi connectivity index (χ2n) is 6.40. The van der Waals surface area contributed by atoms with Crippen molar-refractivity contribution in [1.82, 2.24) is 9.36 Å². The number of aromatic nitrogens is 2. The summed E-state index contributed by atoms with van der Waals surface area (Å²) in [6, 6.07) is 16.3. The number of carbonyl (C=O) groups excluding carboxylic acids is 1. The fourth-order valence-corrected chi connectivity index (χ4v) is 4.61. The molecule has 1 saturated heterocycles. The van der Waals surface area contributed by atoms with Crippen LogP contribution in [-0.2, 0) is 11.8 Å². The van der Waals surface area contributed by atoms with Crippen LogP contribution in [0.3, 0.4) is 0 Å². The summed E-state index contributed by atoms with van der Waals surface area (Å²) in [6.45, 7) is 1.83. The van der Waals surface area contributed by atoms with E-state index in [4.69, 9.17) is 0 Å². The summed E-state index contributed by atoms with van der Waals surface area (Å²) in [5, 5.41) is 9.82. The third-order valence-corrected chi connectivity index (χ3v) is 6.03. The number of carbonyl (C=O) groups is 1. The molecule has 0 spiro atoms. The van der Waals surface area contributed by atoms with Crippen LogP contribution in [0.15, 0.2) is 59.4 Å². The van der Waals surface area contributed by atoms with Crippen molar-refractivity contribution < 1.29 is 9.90 Å². The smallest absolute Gasteiger partial charge is 0.295 e. The number of phenols is 1. The molecule has 1 amide bonds. The Hall–Kier alpha value is -2.93. The molecule has 0 bridgehead atoms. The lowest BCUT2D eigenvalue weighted by Gasteiger charge is -2.23. The fraction of sp³-hybridized carbons (Fsp3) is 0.200. The van der Waals surface area contributed by atoms with Crippen molar-refractivity contribution >= 4 is 23.4 Å². The van der Waals surface area contributed by atoms with Gasteiger partial charge >= 0.3 is 0 Å². The molecule has 1 aromatic heterocycles. The van der Waals surface area contributed by atoms with E-state index in [9.17, 15) is 14.7 Å². The van der Waals surface area contributed by atoms with E-state index in [1.165, 1.54) is 16.7 Å². The van der Waals surface area contributed by atoms with Gasteiger partial charge in [0, 0.05) is 12.6 Å². The van der Waals surface area contributed by atoms with E-state index >= 15 is 0 Å². The molecule has 1 aliphatic rings. The molecule has 2 heterocycles. The van der Waals surface area contributed by atoms with Gasteiger partial charge in [-0.2, -0.15) is 0 Å². The van der Waals surface area contributed by atoms with Gasteiger partial charge in [0.15, 0.2) is 0 Å². The van der Waals surface area contributed by atoms with Crippen LogP contribution in [-0.4, -0.2) is 26.1 Å². The summed E-state index contributed by atoms with van der Waals surface area (Å²) < 4.78 is 3.31. The van der Waals surface area contributed by atoms with Crippen molar-refractivity contribution in [2.24, 2.45) is 7.05 Å². The van der Waals surface area contributed by atoms with Gasteiger partial charge in [-0.15, -0.1) is 11.8 Å². The van der Waals surface area contributed by atoms with Crippen LogP contribution >= 0.6 is 11.8 Å². The number of hydrogen-bond donors (Lipinski definition) is 1. The first-order chi connectivity index (χ1) is 13.0. The minimum absolute atomic E-state index is 0.117. The van der Waals surface area contributed by atoms with E-state index in [-0.39, 0.29) is 23.0 Å². The van der Waals surface area contributed by atoms with Crippen LogP contribution in [0.25, 0.3) is 5.69 Å². The van der Waals surface area contributed by atoms with Crippen LogP contribution in [0.5, 0.6) is 5.75 Å². The monoisotopic (exact) mass is 381 g/mol. The Kier molecular flexibility index (Phi) is 4.31. The summed E-state index contributed by atoms with van der Waals surface area (Å²) in [4.78, 5) is 27.5. The third-order valence-electron chi connectivity index (χ3n) is 4.84. The van der Waals surface area contributed by atoms with Crippen molar-refractivity contribution in [2.75, 3.05) is 10.7 Å². The van der Waals surface area contributed by atoms with Gasteiger partial charge in [-0.05, 0) is 25.1 Å². The second kappa shape index (κ2) is 6.66. The highest BCUT2D eigenvalue weighted by atomic mass is 32.2. The highest BCUT2D eigenvalue weighted by Gasteiger charge is 2.39. The quantitative estimate of drug-likeness (QED) is 0.757. The lowest BCUT2D eigenvalue weighted by atomic mass is 10.1. The van der Waals surface area contributed by atoms with Crippen LogP contribution < -0.4 is 10.5 Å². The molecule has 4 rings (SSSR count). The van der Waals surface area contributed by atoms with E-state index in [0.29, 0.717) is 16.9 Å². The van der Waals surface area contributed by atoms with Crippen LogP contribution in [0.4, 0.5) is 5.69 Å². The van der Waals surface area contributed by atoms with Crippen LogP contribution in [0.1, 0.15) is 16.6 Å². The highest BCUT2D eigenvalue weighted by molar-refractivity contribution is 8.00. The fourth-order valence-electron chi connectivity index (χ4n) is 3.42. The Balaban J connectivity index is 1.89. The van der Waals surface area contributed by atoms with Gasteiger partial charge in [0.2, 0.25) is 5.91 Å². The first kappa shape index (κ1) is 17.5. The minimum Gasteiger partial charge on any atom is -0.508 e. The molecule has 3 aromatic rings. The number of para-hydroxylation sites is 2. The summed E-state index contributed by atoms with van der Waals surface area (Å²) in [5.74, 6) is 0.240. The van der Waals surface area contributed by atoms with Crippen molar-refractivity contribution in [3.8, 4) is 11.4 Å². The van der Waals surface area contributed by atoms with Crippen LogP contribution in [0, 0.1) is 6.92 Å². The first-order valence-electron chi connectivity index (χ1n) is 8.56. The van der Waals surface area contributed by atoms with Gasteiger partial charge in [-0.1, -0.05) is 36.4 Å². The third kappa shape index (κ3) is 2.75. The number of aromatic hydroxyl groups is 1. The van der Waals surface area contributed by atoms with Gasteiger partial charge in [-0.25, -0.2) is 4.68 Å². The molecule has 27 heavy (non-hydrogen) atoms. The predicted octanol–water partition coefficient (Wildman–Crippen LogP) is 2.97. The summed E-state index contributed by atoms with van der Waals surface area (Å²) in [5.41, 5.74) is 2.15. The molecule has 1 unspecified atom stereocenters. The maximum absolute atomic E-state index is 13.3. The number of benzene rings is 2. The maximum atomic E-state index is 13.3. The van der Waals surface area contributed by atoms with Gasteiger partial charge in [0.25, 0.3) is 5.56 Å². The van der Waals surface area contributed by atoms with Crippen molar-refractivity contribution in [3.63, 3.8) is 0 Å². The SMILES string of the molecule is Cc1c(N2C(=O)CSC2c2ccccc2O)c(=O)n(-c2ccccc2)n1C. The zero-order valence-electron chi connectivity index (χ0n) is 15.0. The molecule has 1 aliphatic heterocycles. The number of hydrogen-bond acceptors (Lipinski definition) is 4. The average Bonchev–Trinajstić information content (AvgIpc) is 3.14. The standard InChI is InChI=1S/C20H19N3O3S/c1-13-18(19(26)23(21(13)2)14-8-4-3-5-9-14)22-17(25)12-27-20(22)15-10-6-7-11-16(15)24/h3-11,20,24H,12H2,1-2H3. The summed E-state index contributed by atoms with van der Waals surface area (Å²) in [7, 11) is 1.80. The Morgan fingerprint density at radius 2 is 1.70 bits per heavy atom. The van der Waals surface area contributed by atoms with Gasteiger partial charge in [0.05, 0.1) is 17.1 Å². The molecule has 1 fully saturated rings. The molecular formula is C20H19N3O3S. The Morgan fingerprint density at radius 1 is 1.04 bits per heavy atom. The van der Waals surface area contributed by atoms with E-state index in [1.54, 1.807) is 34.6 Å². The number of nitrogens with zero attached hydrogens (tertiary/aromatic N) is 3. The molecule has 138 valence electrons. The lowest BCUT2D eigenvalue weighted by molar-refractivity contribution is -0.115. The minimum atomic E-state index is -0.434. The van der Waals surface area contributed by atoms with Gasteiger partial charge < -0.3 is 5.11 Å². The molecule has 0 aliphatic carbocycles. The molecule has 1 atom stereocenters. The maximum Gasteiger partial charge on any atom is 0.295 e. The average molecular weight is 381 g/mol. The topological polar surface area (TPSA) is 67.5 Å². The molecule has 0 saturated carbocycles. The lowest BCUT2D eigenvalue weighted by Crippen LogP contribution is -2.33. The predicted molar refractivity (Wildman–Crippen MR) is 107 cm³/mol. The summed E-state index contributed by atoms with van der Waals surface area (Å²) in [6.07, 6.45) is 0. The van der Waals surface area contributed by atoms with E-state index in [1.807, 2.05) is 43.3 Å². The zero-order chi connectivity index (χ0) is 19.1. The second-order valence-corrected chi connectivity index (χ2v) is 7.46. The Labute approximate surface area is 160 Å². The number of rotatable bonds is 3. The van der Waals surface area contributed by atoms with E-state index in [2.05, 4.69) is 0 Å². The number of amides is 1. The van der Waals surface area contributed by atoms with E-state index in [0.717, 1.165) is 5.69 Å². The normalized spacial score (nSPS) is 16.9. The largest absolute Gasteiger partial charge is 0.508 e. The van der Waals surface area contributed by atoms with Gasteiger partial charge in [-0.3, -0.25) is 19.2 Å². The van der Waals surface area contributed by atoms with Crippen molar-refractivity contribution in [1.29, 1.82) is 0 Å². The number of thioether (sulfide) groups is 1. The Morgan fingerprint density at radius 3 is 2.41 bits per heavy atom. The molecule has 6 nitrogen and oxygen atoms in total. The van der Waals surface area contributed by atoms with Crippen molar-refractivity contribution in [3.05, 3.63) is 76.2 Å². The van der Waals surface area contributed by atoms with Gasteiger partial charge in [0.1, 0.15) is 16.8 Å². The number of phenolic OH excluding ortho intramolecular Hbond substituents is 1. The van der Waals surface area contributed by atoms with Crippen LogP contribution in [0.2, 0.25) is 0 Å². The molecule has 2 aromatic carbocycles. The molecule has 1 N–H and O–H groups in total. The summed E-state index contributed by atoms with van der Waals surface area (Å²) >= 11 is 1.41. The zero-order valence-corrected chi connectivity index (χ0v) is 15.8. The van der Waals surface area contributed by atoms with E-state index < -0.39 is 5.37 Å². The molecule has 0 radical (unpaired) electrons. The highest BCUT2D eigenvalue weighted by Crippen LogP contribution is 2.44. The molecular weight excluding hydrogens is 362 g/mol. The Bertz CT molecular complexity index is 1070. The van der Waals surface area contributed by atoms with Crippen molar-refractivity contribution in [2.45, 2.75) is 12.3 Å². The molecule has 7 heteroatoms. The number of anilines is 1.